The van der Waals surface area contributed by atoms with E-state index in [4.69, 9.17) is 5.11 Å². The molecule has 0 aromatic heterocycles. The van der Waals surface area contributed by atoms with Crippen molar-refractivity contribution in [1.29, 1.82) is 0 Å². The maximum absolute atomic E-state index is 9.37. The lowest BCUT2D eigenvalue weighted by atomic mass is 10.2. The molecule has 2 nitrogen and oxygen atoms in total. The van der Waals surface area contributed by atoms with Crippen molar-refractivity contribution in [3.05, 3.63) is 0 Å². The molecule has 0 fully saturated rings. The van der Waals surface area contributed by atoms with E-state index in [0.29, 0.717) is 0 Å². The van der Waals surface area contributed by atoms with Gasteiger partial charge in [-0.05, 0) is 0 Å². The van der Waals surface area contributed by atoms with Crippen LogP contribution in [0.25, 0.3) is 0 Å². The lowest BCUT2D eigenvalue weighted by molar-refractivity contribution is -0.136. The first-order valence-electron chi connectivity index (χ1n) is 4.40. The number of carbonyl (C=O) groups is 1. The van der Waals surface area contributed by atoms with Gasteiger partial charge in [-0.3, -0.25) is 4.79 Å². The zero-order valence-electron chi connectivity index (χ0n) is 7.89. The fourth-order valence-electron chi connectivity index (χ4n) is 0.500. The molecule has 0 radical (unpaired) electrons. The summed E-state index contributed by atoms with van der Waals surface area (Å²) < 4.78 is 0. The van der Waals surface area contributed by atoms with Gasteiger partial charge in [0, 0.05) is 6.42 Å². The number of hydrogen-bond donors (Lipinski definition) is 1. The molecule has 0 rings (SSSR count). The molecule has 1 N–H and O–H groups in total. The highest BCUT2D eigenvalue weighted by Gasteiger charge is 1.80. The molecule has 0 aliphatic heterocycles. The normalized spacial score (nSPS) is 8.27. The molecule has 0 bridgehead atoms. The summed E-state index contributed by atoms with van der Waals surface area (Å²) in [6.45, 7) is 6.06. The summed E-state index contributed by atoms with van der Waals surface area (Å²) in [7, 11) is 0. The van der Waals surface area contributed by atoms with Gasteiger partial charge in [-0.25, -0.2) is 0 Å². The Hall–Kier alpha value is -0.530. The molecule has 0 atom stereocenters. The number of hydrogen-bond acceptors (Lipinski definition) is 1. The Labute approximate surface area is 69.6 Å². The first-order valence-corrected chi connectivity index (χ1v) is 4.40. The molecule has 0 aromatic carbocycles. The first-order chi connectivity index (χ1) is 5.18. The predicted molar refractivity (Wildman–Crippen MR) is 47.7 cm³/mol. The Morgan fingerprint density at radius 2 is 1.36 bits per heavy atom. The van der Waals surface area contributed by atoms with Gasteiger partial charge in [-0.2, -0.15) is 0 Å². The van der Waals surface area contributed by atoms with E-state index >= 15 is 0 Å². The molecule has 0 unspecified atom stereocenters. The van der Waals surface area contributed by atoms with Crippen molar-refractivity contribution in [3.8, 4) is 0 Å². The van der Waals surface area contributed by atoms with Crippen LogP contribution in [0, 0.1) is 0 Å². The number of aliphatic carboxylic acids is 1. The van der Waals surface area contributed by atoms with Gasteiger partial charge < -0.3 is 5.11 Å². The monoisotopic (exact) mass is 160 g/mol. The van der Waals surface area contributed by atoms with E-state index in [0.717, 1.165) is 0 Å². The van der Waals surface area contributed by atoms with Gasteiger partial charge in [0.15, 0.2) is 0 Å². The fraction of sp³-hybridized carbons (Fsp3) is 0.889. The van der Waals surface area contributed by atoms with Crippen LogP contribution in [-0.4, -0.2) is 11.1 Å². The van der Waals surface area contributed by atoms with Gasteiger partial charge in [0.2, 0.25) is 0 Å². The quantitative estimate of drug-likeness (QED) is 0.642. The third-order valence-electron chi connectivity index (χ3n) is 1.26. The Morgan fingerprint density at radius 1 is 1.09 bits per heavy atom. The summed E-state index contributed by atoms with van der Waals surface area (Å²) in [4.78, 5) is 9.37. The van der Waals surface area contributed by atoms with E-state index in [9.17, 15) is 4.79 Å². The summed E-state index contributed by atoms with van der Waals surface area (Å²) in [5.41, 5.74) is 0. The van der Waals surface area contributed by atoms with Crippen LogP contribution in [0.5, 0.6) is 0 Å². The lowest BCUT2D eigenvalue weighted by Crippen LogP contribution is -1.86. The van der Waals surface area contributed by atoms with E-state index in [1.54, 1.807) is 6.92 Å². The Bertz CT molecular complexity index is 75.6. The molecule has 0 saturated carbocycles. The molecule has 0 aliphatic rings. The van der Waals surface area contributed by atoms with Crippen LogP contribution in [-0.2, 0) is 4.79 Å². The topological polar surface area (TPSA) is 37.3 Å². The predicted octanol–water partition coefficient (Wildman–Crippen LogP) is 3.07. The Morgan fingerprint density at radius 3 is 1.45 bits per heavy atom. The van der Waals surface area contributed by atoms with E-state index in [1.165, 1.54) is 25.7 Å². The molecule has 0 heterocycles. The van der Waals surface area contributed by atoms with Crippen LogP contribution in [0.15, 0.2) is 0 Å². The standard InChI is InChI=1S/C6H14.C3H6O2/c1-3-5-6-4-2;1-2-3(4)5/h3-6H2,1-2H3;2H2,1H3,(H,4,5). The molecule has 2 heteroatoms. The van der Waals surface area contributed by atoms with Crippen LogP contribution in [0.1, 0.15) is 52.9 Å². The summed E-state index contributed by atoms with van der Waals surface area (Å²) in [6.07, 6.45) is 5.76. The second kappa shape index (κ2) is 12.2. The minimum Gasteiger partial charge on any atom is -0.481 e. The fourth-order valence-corrected chi connectivity index (χ4v) is 0.500. The van der Waals surface area contributed by atoms with Crippen LogP contribution in [0.4, 0.5) is 0 Å². The number of unbranched alkanes of at least 4 members (excludes halogenated alkanes) is 3. The van der Waals surface area contributed by atoms with Crippen molar-refractivity contribution in [2.24, 2.45) is 0 Å². The third-order valence-corrected chi connectivity index (χ3v) is 1.26. The Balaban J connectivity index is 0. The smallest absolute Gasteiger partial charge is 0.303 e. The maximum Gasteiger partial charge on any atom is 0.303 e. The number of carboxylic acid groups (broad SMARTS) is 1. The maximum atomic E-state index is 9.37. The lowest BCUT2D eigenvalue weighted by Gasteiger charge is -1.86. The van der Waals surface area contributed by atoms with Crippen molar-refractivity contribution in [1.82, 2.24) is 0 Å². The molecule has 0 aromatic rings. The Kier molecular flexibility index (Phi) is 14.5. The van der Waals surface area contributed by atoms with E-state index < -0.39 is 5.97 Å². The third kappa shape index (κ3) is 26.4. The highest BCUT2D eigenvalue weighted by atomic mass is 16.4. The molecular weight excluding hydrogens is 140 g/mol. The van der Waals surface area contributed by atoms with E-state index in [2.05, 4.69) is 13.8 Å². The van der Waals surface area contributed by atoms with Crippen molar-refractivity contribution >= 4 is 5.97 Å². The van der Waals surface area contributed by atoms with Crippen LogP contribution in [0.2, 0.25) is 0 Å². The van der Waals surface area contributed by atoms with Crippen LogP contribution >= 0.6 is 0 Å². The summed E-state index contributed by atoms with van der Waals surface area (Å²) in [5.74, 6) is -0.745. The molecule has 0 spiro atoms. The minimum absolute atomic E-state index is 0.222. The second-order valence-corrected chi connectivity index (χ2v) is 2.45. The minimum atomic E-state index is -0.745. The second-order valence-electron chi connectivity index (χ2n) is 2.45. The van der Waals surface area contributed by atoms with Crippen molar-refractivity contribution in [2.45, 2.75) is 52.9 Å². The van der Waals surface area contributed by atoms with Gasteiger partial charge in [-0.1, -0.05) is 46.5 Å². The SMILES string of the molecule is CCC(=O)O.CCCCCC. The van der Waals surface area contributed by atoms with Gasteiger partial charge in [-0.15, -0.1) is 0 Å². The zero-order valence-corrected chi connectivity index (χ0v) is 7.89. The van der Waals surface area contributed by atoms with Gasteiger partial charge in [0.05, 0.1) is 0 Å². The van der Waals surface area contributed by atoms with Crippen molar-refractivity contribution < 1.29 is 9.90 Å². The summed E-state index contributed by atoms with van der Waals surface area (Å²) >= 11 is 0. The summed E-state index contributed by atoms with van der Waals surface area (Å²) in [6, 6.07) is 0. The van der Waals surface area contributed by atoms with Gasteiger partial charge in [0.1, 0.15) is 0 Å². The highest BCUT2D eigenvalue weighted by molar-refractivity contribution is 5.66. The average molecular weight is 160 g/mol. The number of rotatable bonds is 4. The van der Waals surface area contributed by atoms with Crippen LogP contribution < -0.4 is 0 Å². The van der Waals surface area contributed by atoms with Crippen molar-refractivity contribution in [2.75, 3.05) is 0 Å². The summed E-state index contributed by atoms with van der Waals surface area (Å²) in [5, 5.41) is 7.72. The molecule has 0 saturated heterocycles. The highest BCUT2D eigenvalue weighted by Crippen LogP contribution is 1.95. The van der Waals surface area contributed by atoms with E-state index in [1.807, 2.05) is 0 Å². The molecular formula is C9H20O2. The van der Waals surface area contributed by atoms with Gasteiger partial charge >= 0.3 is 5.97 Å². The first kappa shape index (κ1) is 13.1. The largest absolute Gasteiger partial charge is 0.481 e. The molecule has 0 amide bonds. The zero-order chi connectivity index (χ0) is 9.11. The molecule has 11 heavy (non-hydrogen) atoms. The van der Waals surface area contributed by atoms with E-state index in [-0.39, 0.29) is 6.42 Å². The average Bonchev–Trinajstić information content (AvgIpc) is 2.02. The van der Waals surface area contributed by atoms with Gasteiger partial charge in [0.25, 0.3) is 0 Å². The van der Waals surface area contributed by atoms with Crippen molar-refractivity contribution in [3.63, 3.8) is 0 Å². The molecule has 0 aliphatic carbocycles. The van der Waals surface area contributed by atoms with Crippen LogP contribution in [0.3, 0.4) is 0 Å². The number of carboxylic acids is 1. The molecule has 68 valence electrons.